The Balaban J connectivity index is 2.51. The fourth-order valence-electron chi connectivity index (χ4n) is 1.90. The molecule has 1 aromatic rings. The number of ether oxygens (including phenoxy) is 1. The van der Waals surface area contributed by atoms with Crippen molar-refractivity contribution in [1.29, 1.82) is 0 Å². The molecule has 0 heterocycles. The van der Waals surface area contributed by atoms with E-state index in [1.165, 1.54) is 25.7 Å². The number of aliphatic hydroxyl groups is 1. The minimum absolute atomic E-state index is 0.493. The number of nitrogens with two attached hydrogens (primary N) is 1. The lowest BCUT2D eigenvalue weighted by Crippen LogP contribution is -2.33. The molecule has 0 aliphatic heterocycles. The Labute approximate surface area is 114 Å². The van der Waals surface area contributed by atoms with Gasteiger partial charge in [-0.2, -0.15) is 0 Å². The van der Waals surface area contributed by atoms with Gasteiger partial charge in [0.15, 0.2) is 0 Å². The molecule has 0 radical (unpaired) electrons. The van der Waals surface area contributed by atoms with Gasteiger partial charge in [0.2, 0.25) is 6.23 Å². The van der Waals surface area contributed by atoms with Crippen LogP contribution in [-0.4, -0.2) is 17.3 Å². The molecular weight excluding hydrogens is 242 g/mol. The van der Waals surface area contributed by atoms with E-state index in [-0.39, 0.29) is 0 Å². The van der Waals surface area contributed by atoms with Crippen molar-refractivity contribution in [2.24, 2.45) is 5.73 Å². The van der Waals surface area contributed by atoms with Crippen LogP contribution in [-0.2, 0) is 11.2 Å². The monoisotopic (exact) mass is 265 g/mol. The van der Waals surface area contributed by atoms with Gasteiger partial charge in [0.1, 0.15) is 5.75 Å². The quantitative estimate of drug-likeness (QED) is 0.327. The number of hydrogen-bond donors (Lipinski definition) is 2. The van der Waals surface area contributed by atoms with Gasteiger partial charge in [0.25, 0.3) is 0 Å². The first-order valence-corrected chi connectivity index (χ1v) is 6.88. The molecule has 0 fully saturated rings. The fraction of sp³-hybridized carbons (Fsp3) is 0.533. The third-order valence-corrected chi connectivity index (χ3v) is 2.97. The average Bonchev–Trinajstić information content (AvgIpc) is 2.40. The van der Waals surface area contributed by atoms with Crippen LogP contribution in [0.5, 0.6) is 5.75 Å². The summed E-state index contributed by atoms with van der Waals surface area (Å²) in [6, 6.07) is 7.37. The van der Waals surface area contributed by atoms with Crippen molar-refractivity contribution < 1.29 is 14.6 Å². The lowest BCUT2D eigenvalue weighted by molar-refractivity contribution is -0.143. The molecule has 4 nitrogen and oxygen atoms in total. The van der Waals surface area contributed by atoms with Crippen LogP contribution in [0.2, 0.25) is 0 Å². The van der Waals surface area contributed by atoms with Crippen molar-refractivity contribution in [2.75, 3.05) is 0 Å². The molecule has 0 spiro atoms. The Morgan fingerprint density at radius 1 is 1.26 bits per heavy atom. The standard InChI is InChI=1S/C15H23NO3/c1-2-3-4-5-6-9-12-10-7-8-11-13(12)19-15(18)14(16)17/h7-8,10-11,14,17H,2-6,9,16H2,1H3. The van der Waals surface area contributed by atoms with Gasteiger partial charge >= 0.3 is 5.97 Å². The predicted octanol–water partition coefficient (Wildman–Crippen LogP) is 2.38. The maximum atomic E-state index is 11.3. The second-order valence-corrected chi connectivity index (χ2v) is 4.64. The molecule has 4 heteroatoms. The van der Waals surface area contributed by atoms with Gasteiger partial charge in [0.05, 0.1) is 0 Å². The van der Waals surface area contributed by atoms with Gasteiger partial charge in [-0.15, -0.1) is 0 Å². The highest BCUT2D eigenvalue weighted by molar-refractivity contribution is 5.76. The van der Waals surface area contributed by atoms with Gasteiger partial charge in [-0.3, -0.25) is 5.73 Å². The molecule has 106 valence electrons. The number of unbranched alkanes of at least 4 members (excludes halogenated alkanes) is 4. The first kappa shape index (κ1) is 15.7. The SMILES string of the molecule is CCCCCCCc1ccccc1OC(=O)C(N)O. The smallest absolute Gasteiger partial charge is 0.355 e. The van der Waals surface area contributed by atoms with Gasteiger partial charge < -0.3 is 9.84 Å². The van der Waals surface area contributed by atoms with Gasteiger partial charge in [-0.1, -0.05) is 50.8 Å². The molecule has 19 heavy (non-hydrogen) atoms. The molecule has 1 rings (SSSR count). The average molecular weight is 265 g/mol. The van der Waals surface area contributed by atoms with Crippen LogP contribution in [0.25, 0.3) is 0 Å². The molecular formula is C15H23NO3. The van der Waals surface area contributed by atoms with E-state index in [4.69, 9.17) is 15.6 Å². The zero-order chi connectivity index (χ0) is 14.1. The van der Waals surface area contributed by atoms with E-state index in [9.17, 15) is 4.79 Å². The third-order valence-electron chi connectivity index (χ3n) is 2.97. The van der Waals surface area contributed by atoms with E-state index in [0.717, 1.165) is 18.4 Å². The van der Waals surface area contributed by atoms with E-state index in [1.54, 1.807) is 12.1 Å². The molecule has 0 aliphatic rings. The number of aryl methyl sites for hydroxylation is 1. The summed E-state index contributed by atoms with van der Waals surface area (Å²) in [4.78, 5) is 11.3. The minimum Gasteiger partial charge on any atom is -0.423 e. The van der Waals surface area contributed by atoms with Gasteiger partial charge in [-0.05, 0) is 24.5 Å². The highest BCUT2D eigenvalue weighted by Crippen LogP contribution is 2.21. The van der Waals surface area contributed by atoms with Crippen molar-refractivity contribution in [2.45, 2.75) is 51.7 Å². The summed E-state index contributed by atoms with van der Waals surface area (Å²) < 4.78 is 5.07. The second-order valence-electron chi connectivity index (χ2n) is 4.64. The first-order chi connectivity index (χ1) is 9.15. The summed E-state index contributed by atoms with van der Waals surface area (Å²) >= 11 is 0. The molecule has 0 saturated carbocycles. The van der Waals surface area contributed by atoms with Crippen molar-refractivity contribution in [3.8, 4) is 5.75 Å². The number of carbonyl (C=O) groups excluding carboxylic acids is 1. The number of hydrogen-bond acceptors (Lipinski definition) is 4. The second kappa shape index (κ2) is 8.67. The third kappa shape index (κ3) is 5.85. The highest BCUT2D eigenvalue weighted by atomic mass is 16.6. The topological polar surface area (TPSA) is 72.5 Å². The summed E-state index contributed by atoms with van der Waals surface area (Å²) in [6.07, 6.45) is 5.25. The maximum absolute atomic E-state index is 11.3. The molecule has 0 aromatic heterocycles. The minimum atomic E-state index is -1.59. The van der Waals surface area contributed by atoms with Crippen molar-refractivity contribution in [3.05, 3.63) is 29.8 Å². The highest BCUT2D eigenvalue weighted by Gasteiger charge is 2.13. The summed E-state index contributed by atoms with van der Waals surface area (Å²) in [5.41, 5.74) is 6.05. The van der Waals surface area contributed by atoms with Crippen LogP contribution in [0, 0.1) is 0 Å². The first-order valence-electron chi connectivity index (χ1n) is 6.88. The van der Waals surface area contributed by atoms with Crippen molar-refractivity contribution in [1.82, 2.24) is 0 Å². The summed E-state index contributed by atoms with van der Waals surface area (Å²) in [5.74, 6) is -0.328. The van der Waals surface area contributed by atoms with E-state index in [2.05, 4.69) is 6.92 Å². The summed E-state index contributed by atoms with van der Waals surface area (Å²) in [5, 5.41) is 8.95. The van der Waals surface area contributed by atoms with Crippen LogP contribution in [0.4, 0.5) is 0 Å². The maximum Gasteiger partial charge on any atom is 0.355 e. The molecule has 0 aliphatic carbocycles. The van der Waals surface area contributed by atoms with Crippen LogP contribution in [0.15, 0.2) is 24.3 Å². The van der Waals surface area contributed by atoms with Crippen molar-refractivity contribution in [3.63, 3.8) is 0 Å². The molecule has 1 atom stereocenters. The zero-order valence-corrected chi connectivity index (χ0v) is 11.5. The van der Waals surface area contributed by atoms with E-state index in [0.29, 0.717) is 5.75 Å². The number of rotatable bonds is 8. The summed E-state index contributed by atoms with van der Waals surface area (Å²) in [7, 11) is 0. The lowest BCUT2D eigenvalue weighted by atomic mass is 10.0. The molecule has 1 aromatic carbocycles. The van der Waals surface area contributed by atoms with Crippen LogP contribution < -0.4 is 10.5 Å². The van der Waals surface area contributed by atoms with Gasteiger partial charge in [-0.25, -0.2) is 4.79 Å². The zero-order valence-electron chi connectivity index (χ0n) is 11.5. The normalized spacial score (nSPS) is 12.2. The Morgan fingerprint density at radius 3 is 2.63 bits per heavy atom. The van der Waals surface area contributed by atoms with E-state index < -0.39 is 12.2 Å². The largest absolute Gasteiger partial charge is 0.423 e. The van der Waals surface area contributed by atoms with E-state index in [1.807, 2.05) is 12.1 Å². The number of benzene rings is 1. The Morgan fingerprint density at radius 2 is 1.95 bits per heavy atom. The van der Waals surface area contributed by atoms with Gasteiger partial charge in [0, 0.05) is 0 Å². The number of carbonyl (C=O) groups is 1. The van der Waals surface area contributed by atoms with Crippen LogP contribution in [0.1, 0.15) is 44.6 Å². The molecule has 1 unspecified atom stereocenters. The Bertz CT molecular complexity index is 391. The molecule has 0 bridgehead atoms. The Kier molecular flexibility index (Phi) is 7.15. The Hall–Kier alpha value is -1.39. The number of para-hydroxylation sites is 1. The number of aliphatic hydroxyl groups excluding tert-OH is 1. The lowest BCUT2D eigenvalue weighted by Gasteiger charge is -2.11. The summed E-state index contributed by atoms with van der Waals surface area (Å²) in [6.45, 7) is 2.19. The predicted molar refractivity (Wildman–Crippen MR) is 74.7 cm³/mol. The molecule has 0 amide bonds. The van der Waals surface area contributed by atoms with Crippen LogP contribution >= 0.6 is 0 Å². The fourth-order valence-corrected chi connectivity index (χ4v) is 1.90. The number of esters is 1. The van der Waals surface area contributed by atoms with E-state index >= 15 is 0 Å². The molecule has 0 saturated heterocycles. The van der Waals surface area contributed by atoms with Crippen LogP contribution in [0.3, 0.4) is 0 Å². The molecule has 3 N–H and O–H groups in total. The van der Waals surface area contributed by atoms with Crippen molar-refractivity contribution >= 4 is 5.97 Å².